The van der Waals surface area contributed by atoms with Gasteiger partial charge >= 0.3 is 0 Å². The summed E-state index contributed by atoms with van der Waals surface area (Å²) < 4.78 is 67.2. The number of aliphatic hydroxyl groups excluding tert-OH is 1. The molecule has 0 radical (unpaired) electrons. The largest absolute Gasteiger partial charge is 0.716 e. The van der Waals surface area contributed by atoms with Gasteiger partial charge in [-0.2, -0.15) is 8.42 Å². The molecule has 0 saturated carbocycles. The second kappa shape index (κ2) is 15.9. The van der Waals surface area contributed by atoms with Crippen molar-refractivity contribution in [3.05, 3.63) is 58.2 Å². The molecule has 2 N–H and O–H groups in total. The van der Waals surface area contributed by atoms with E-state index in [2.05, 4.69) is 62.2 Å². The van der Waals surface area contributed by atoms with Crippen LogP contribution in [0.4, 0.5) is 0 Å². The summed E-state index contributed by atoms with van der Waals surface area (Å²) in [4.78, 5) is -0.406. The highest BCUT2D eigenvalue weighted by atomic mass is 32.3. The monoisotopic (exact) mass is 710 g/mol. The average molecular weight is 711 g/mol. The maximum atomic E-state index is 12.6. The standard InChI is InChI=1S/C36H56O10S2/c1-25(2)11-8-12-26(3)13-9-21-36(7,38)33(37)19-22-34(5)20-10-14-31-30(34)17-15-27(4)35(31,6)24-28-23-29(45-48(42,43)44)16-18-32(28)47(40,41)46-39/h11,13,16,18,23,27,33,37-39H,8-10,12,14-15,17,19-22,24H2,1-7H3,(H,42,43,44)/p-2/b26-13+/t27-,33?,34-,35+,36?/m0/s1. The van der Waals surface area contributed by atoms with Gasteiger partial charge in [-0.3, -0.25) is 0 Å². The summed E-state index contributed by atoms with van der Waals surface area (Å²) in [5.74, 6) is -0.255. The highest BCUT2D eigenvalue weighted by Crippen LogP contribution is 2.58. The molecule has 5 atom stereocenters. The molecule has 2 aliphatic carbocycles. The van der Waals surface area contributed by atoms with Crippen molar-refractivity contribution in [2.75, 3.05) is 0 Å². The average Bonchev–Trinajstić information content (AvgIpc) is 2.97. The highest BCUT2D eigenvalue weighted by molar-refractivity contribution is 7.86. The lowest BCUT2D eigenvalue weighted by atomic mass is 9.54. The molecule has 0 heterocycles. The molecule has 3 rings (SSSR count). The van der Waals surface area contributed by atoms with Crippen LogP contribution in [-0.2, 0) is 31.3 Å². The van der Waals surface area contributed by atoms with Crippen molar-refractivity contribution < 1.29 is 45.4 Å². The molecule has 2 aliphatic rings. The van der Waals surface area contributed by atoms with Crippen molar-refractivity contribution >= 4 is 20.5 Å². The quantitative estimate of drug-likeness (QED) is 0.0648. The van der Waals surface area contributed by atoms with Gasteiger partial charge in [-0.05, 0) is 145 Å². The number of hydrogen-bond acceptors (Lipinski definition) is 10. The van der Waals surface area contributed by atoms with Crippen LogP contribution in [0.1, 0.15) is 125 Å². The van der Waals surface area contributed by atoms with Crippen molar-refractivity contribution in [1.29, 1.82) is 0 Å². The molecule has 0 bridgehead atoms. The smallest absolute Gasteiger partial charge is 0.288 e. The first-order valence-electron chi connectivity index (χ1n) is 16.9. The maximum Gasteiger partial charge on any atom is 0.288 e. The summed E-state index contributed by atoms with van der Waals surface area (Å²) in [6.45, 7) is 14.3. The second-order valence-electron chi connectivity index (χ2n) is 15.0. The van der Waals surface area contributed by atoms with Gasteiger partial charge in [-0.25, -0.2) is 8.42 Å². The van der Waals surface area contributed by atoms with Crippen molar-refractivity contribution in [2.45, 2.75) is 142 Å². The van der Waals surface area contributed by atoms with Gasteiger partial charge < -0.3 is 28.5 Å². The first-order valence-corrected chi connectivity index (χ1v) is 19.6. The van der Waals surface area contributed by atoms with Crippen LogP contribution in [0, 0.1) is 16.7 Å². The van der Waals surface area contributed by atoms with Crippen LogP contribution in [-0.4, -0.2) is 43.3 Å². The maximum absolute atomic E-state index is 12.6. The lowest BCUT2D eigenvalue weighted by molar-refractivity contribution is -0.635. The molecular weight excluding hydrogens is 657 g/mol. The van der Waals surface area contributed by atoms with Crippen LogP contribution in [0.15, 0.2) is 57.5 Å². The van der Waals surface area contributed by atoms with Gasteiger partial charge in [0.1, 0.15) is 5.75 Å². The number of allylic oxidation sites excluding steroid dienone is 6. The zero-order valence-electron chi connectivity index (χ0n) is 29.5. The van der Waals surface area contributed by atoms with Gasteiger partial charge in [0.05, 0.1) is 16.6 Å². The van der Waals surface area contributed by atoms with E-state index in [1.54, 1.807) is 6.92 Å². The lowest BCUT2D eigenvalue weighted by Gasteiger charge is -2.51. The Morgan fingerprint density at radius 2 is 1.79 bits per heavy atom. The molecule has 0 fully saturated rings. The Balaban J connectivity index is 1.86. The minimum Gasteiger partial charge on any atom is -0.716 e. The third-order valence-electron chi connectivity index (χ3n) is 10.9. The molecule has 1 aromatic rings. The Bertz CT molecular complexity index is 1600. The van der Waals surface area contributed by atoms with E-state index in [0.29, 0.717) is 25.7 Å². The molecule has 2 unspecified atom stereocenters. The van der Waals surface area contributed by atoms with E-state index >= 15 is 0 Å². The second-order valence-corrected chi connectivity index (χ2v) is 17.5. The molecule has 48 heavy (non-hydrogen) atoms. The number of aliphatic hydroxyl groups is 2. The minimum atomic E-state index is -5.13. The molecule has 12 heteroatoms. The summed E-state index contributed by atoms with van der Waals surface area (Å²) in [5, 5.41) is 33.6. The van der Waals surface area contributed by atoms with Gasteiger partial charge in [0.2, 0.25) is 0 Å². The van der Waals surface area contributed by atoms with Crippen molar-refractivity contribution in [1.82, 2.24) is 0 Å². The van der Waals surface area contributed by atoms with Gasteiger partial charge in [0, 0.05) is 0 Å². The van der Waals surface area contributed by atoms with E-state index in [-0.39, 0.29) is 29.1 Å². The van der Waals surface area contributed by atoms with E-state index < -0.39 is 42.5 Å². The normalized spacial score (nSPS) is 25.6. The van der Waals surface area contributed by atoms with Crippen molar-refractivity contribution in [3.63, 3.8) is 0 Å². The van der Waals surface area contributed by atoms with Crippen LogP contribution < -0.4 is 9.44 Å². The third-order valence-corrected chi connectivity index (χ3v) is 12.4. The number of hydrogen-bond donors (Lipinski definition) is 2. The summed E-state index contributed by atoms with van der Waals surface area (Å²) in [5.41, 5.74) is 3.08. The molecular formula is C36H54O10S2-2. The molecule has 0 saturated heterocycles. The zero-order chi connectivity index (χ0) is 36.1. The van der Waals surface area contributed by atoms with Crippen LogP contribution in [0.25, 0.3) is 0 Å². The Hall–Kier alpha value is -2.06. The fraction of sp³-hybridized carbons (Fsp3) is 0.667. The Morgan fingerprint density at radius 1 is 1.10 bits per heavy atom. The van der Waals surface area contributed by atoms with Crippen molar-refractivity contribution in [3.8, 4) is 5.75 Å². The molecule has 10 nitrogen and oxygen atoms in total. The van der Waals surface area contributed by atoms with E-state index in [0.717, 1.165) is 57.1 Å². The summed E-state index contributed by atoms with van der Waals surface area (Å²) in [6.07, 6.45) is 12.0. The summed E-state index contributed by atoms with van der Waals surface area (Å²) >= 11 is 0. The highest BCUT2D eigenvalue weighted by Gasteiger charge is 2.47. The Labute approximate surface area is 288 Å². The Kier molecular flexibility index (Phi) is 13.3. The van der Waals surface area contributed by atoms with E-state index in [1.165, 1.54) is 28.4 Å². The minimum absolute atomic E-state index is 0.0972. The number of benzene rings is 1. The third kappa shape index (κ3) is 10.2. The van der Waals surface area contributed by atoms with E-state index in [4.69, 9.17) is 0 Å². The van der Waals surface area contributed by atoms with Crippen LogP contribution in [0.5, 0.6) is 5.75 Å². The van der Waals surface area contributed by atoms with Gasteiger partial charge in [0.15, 0.2) is 0 Å². The first kappa shape index (κ1) is 40.4. The summed E-state index contributed by atoms with van der Waals surface area (Å²) in [6, 6.07) is 3.20. The first-order chi connectivity index (χ1) is 22.1. The van der Waals surface area contributed by atoms with Crippen molar-refractivity contribution in [2.24, 2.45) is 16.7 Å². The van der Waals surface area contributed by atoms with E-state index in [1.807, 2.05) is 0 Å². The van der Waals surface area contributed by atoms with Gasteiger partial charge in [0.25, 0.3) is 20.5 Å². The lowest BCUT2D eigenvalue weighted by Crippen LogP contribution is -2.42. The van der Waals surface area contributed by atoms with E-state index in [9.17, 15) is 36.9 Å². The fourth-order valence-corrected chi connectivity index (χ4v) is 8.81. The molecule has 0 aromatic heterocycles. The Morgan fingerprint density at radius 3 is 2.42 bits per heavy atom. The van der Waals surface area contributed by atoms with Gasteiger partial charge in [-0.1, -0.05) is 55.2 Å². The predicted molar refractivity (Wildman–Crippen MR) is 182 cm³/mol. The molecule has 0 spiro atoms. The summed E-state index contributed by atoms with van der Waals surface area (Å²) in [7, 11) is -9.83. The molecule has 0 aliphatic heterocycles. The molecule has 1 aromatic carbocycles. The predicted octanol–water partition coefficient (Wildman–Crippen LogP) is 6.34. The topological polar surface area (TPSA) is 173 Å². The SMILES string of the molecule is CC(C)=CCC/C(C)=C/CCC(C)(O)C(O)CC[C@]1(C)CCCC2=C1CC[C@H](C)[C@@]2(C)Cc1cc(OS(=O)(=O)[O-])ccc1S(=O)(=O)O[O-]. The van der Waals surface area contributed by atoms with Crippen LogP contribution in [0.2, 0.25) is 0 Å². The fourth-order valence-electron chi connectivity index (χ4n) is 7.71. The van der Waals surface area contributed by atoms with Crippen LogP contribution >= 0.6 is 0 Å². The number of rotatable bonds is 16. The molecule has 272 valence electrons. The van der Waals surface area contributed by atoms with Crippen LogP contribution in [0.3, 0.4) is 0 Å². The zero-order valence-corrected chi connectivity index (χ0v) is 31.1. The van der Waals surface area contributed by atoms with Gasteiger partial charge in [-0.15, -0.1) is 0 Å². The molecule has 0 amide bonds.